The number of amides is 1. The minimum absolute atomic E-state index is 0.0718. The normalized spacial score (nSPS) is 12.0. The molecule has 1 amide bonds. The molecule has 0 radical (unpaired) electrons. The van der Waals surface area contributed by atoms with Crippen molar-refractivity contribution in [3.8, 4) is 0 Å². The average Bonchev–Trinajstić information content (AvgIpc) is 2.50. The van der Waals surface area contributed by atoms with Gasteiger partial charge >= 0.3 is 0 Å². The van der Waals surface area contributed by atoms with Crippen molar-refractivity contribution in [3.63, 3.8) is 0 Å². The fourth-order valence-electron chi connectivity index (χ4n) is 1.97. The summed E-state index contributed by atoms with van der Waals surface area (Å²) in [4.78, 5) is 12.1. The molecule has 0 heterocycles. The van der Waals surface area contributed by atoms with Gasteiger partial charge in [-0.05, 0) is 46.1 Å². The summed E-state index contributed by atoms with van der Waals surface area (Å²) in [5, 5.41) is 2.90. The van der Waals surface area contributed by atoms with E-state index in [0.29, 0.717) is 18.5 Å². The third-order valence-electron chi connectivity index (χ3n) is 3.14. The number of rotatable bonds is 5. The van der Waals surface area contributed by atoms with Crippen molar-refractivity contribution in [2.24, 2.45) is 5.73 Å². The third-order valence-corrected chi connectivity index (χ3v) is 4.33. The van der Waals surface area contributed by atoms with Gasteiger partial charge in [0.15, 0.2) is 0 Å². The lowest BCUT2D eigenvalue weighted by atomic mass is 10.1. The number of nitrogens with two attached hydrogens (primary N) is 1. The highest BCUT2D eigenvalue weighted by Gasteiger charge is 2.11. The van der Waals surface area contributed by atoms with Crippen LogP contribution >= 0.6 is 31.9 Å². The molecule has 0 spiro atoms. The first kappa shape index (κ1) is 16.2. The number of carbonyl (C=O) groups excluding carboxylic acids is 1. The van der Waals surface area contributed by atoms with E-state index in [1.54, 1.807) is 6.07 Å². The Morgan fingerprint density at radius 3 is 2.57 bits per heavy atom. The number of benzene rings is 2. The zero-order valence-electron chi connectivity index (χ0n) is 11.4. The molecular weight excluding hydrogens is 396 g/mol. The predicted octanol–water partition coefficient (Wildman–Crippen LogP) is 4.03. The topological polar surface area (TPSA) is 55.1 Å². The van der Waals surface area contributed by atoms with Crippen LogP contribution in [0.25, 0.3) is 0 Å². The second-order valence-corrected chi connectivity index (χ2v) is 6.46. The molecule has 0 aliphatic rings. The fourth-order valence-corrected chi connectivity index (χ4v) is 2.76. The second-order valence-electron chi connectivity index (χ2n) is 4.69. The summed E-state index contributed by atoms with van der Waals surface area (Å²) >= 11 is 6.75. The highest BCUT2D eigenvalue weighted by molar-refractivity contribution is 9.11. The zero-order chi connectivity index (χ0) is 15.2. The maximum absolute atomic E-state index is 12.1. The lowest BCUT2D eigenvalue weighted by Crippen LogP contribution is -2.27. The fraction of sp³-hybridized carbons (Fsp3) is 0.188. The summed E-state index contributed by atoms with van der Waals surface area (Å²) in [6.45, 7) is 0.536. The Kier molecular flexibility index (Phi) is 5.96. The molecule has 1 unspecified atom stereocenters. The largest absolute Gasteiger partial charge is 0.352 e. The molecule has 1 atom stereocenters. The van der Waals surface area contributed by atoms with E-state index in [1.807, 2.05) is 42.5 Å². The second kappa shape index (κ2) is 7.73. The Morgan fingerprint density at radius 1 is 1.14 bits per heavy atom. The van der Waals surface area contributed by atoms with E-state index < -0.39 is 0 Å². The smallest absolute Gasteiger partial charge is 0.252 e. The molecule has 0 aliphatic carbocycles. The van der Waals surface area contributed by atoms with Crippen LogP contribution in [-0.4, -0.2) is 12.5 Å². The number of nitrogens with one attached hydrogen (secondary N) is 1. The molecule has 0 fully saturated rings. The number of halogens is 2. The van der Waals surface area contributed by atoms with Crippen LogP contribution in [0, 0.1) is 0 Å². The van der Waals surface area contributed by atoms with Crippen LogP contribution in [0.15, 0.2) is 57.5 Å². The van der Waals surface area contributed by atoms with Crippen LogP contribution in [0.3, 0.4) is 0 Å². The lowest BCUT2D eigenvalue weighted by molar-refractivity contribution is 0.0951. The van der Waals surface area contributed by atoms with Gasteiger partial charge in [-0.25, -0.2) is 0 Å². The van der Waals surface area contributed by atoms with Gasteiger partial charge in [-0.2, -0.15) is 0 Å². The molecule has 0 saturated heterocycles. The quantitative estimate of drug-likeness (QED) is 0.780. The Labute approximate surface area is 141 Å². The minimum Gasteiger partial charge on any atom is -0.352 e. The molecule has 110 valence electrons. The van der Waals surface area contributed by atoms with Gasteiger partial charge in [0, 0.05) is 21.5 Å². The molecule has 2 aromatic rings. The van der Waals surface area contributed by atoms with Gasteiger partial charge in [-0.15, -0.1) is 0 Å². The monoisotopic (exact) mass is 410 g/mol. The van der Waals surface area contributed by atoms with Gasteiger partial charge in [0.05, 0.1) is 5.56 Å². The molecule has 21 heavy (non-hydrogen) atoms. The van der Waals surface area contributed by atoms with Gasteiger partial charge in [0.25, 0.3) is 5.91 Å². The molecule has 0 saturated carbocycles. The molecule has 5 heteroatoms. The van der Waals surface area contributed by atoms with Gasteiger partial charge in [0.1, 0.15) is 0 Å². The first-order chi connectivity index (χ1) is 10.1. The van der Waals surface area contributed by atoms with Crippen LogP contribution < -0.4 is 11.1 Å². The van der Waals surface area contributed by atoms with Crippen molar-refractivity contribution in [1.82, 2.24) is 5.32 Å². The predicted molar refractivity (Wildman–Crippen MR) is 92.2 cm³/mol. The van der Waals surface area contributed by atoms with Gasteiger partial charge in [0.2, 0.25) is 0 Å². The van der Waals surface area contributed by atoms with E-state index in [0.717, 1.165) is 14.5 Å². The van der Waals surface area contributed by atoms with E-state index in [4.69, 9.17) is 5.73 Å². The highest BCUT2D eigenvalue weighted by Crippen LogP contribution is 2.21. The van der Waals surface area contributed by atoms with Crippen LogP contribution in [0.1, 0.15) is 28.4 Å². The standard InChI is InChI=1S/C16H16Br2N2O/c17-12-6-7-14(18)13(10-12)16(21)20-9-8-15(19)11-4-2-1-3-5-11/h1-7,10,15H,8-9,19H2,(H,20,21). The highest BCUT2D eigenvalue weighted by atomic mass is 79.9. The lowest BCUT2D eigenvalue weighted by Gasteiger charge is -2.13. The summed E-state index contributed by atoms with van der Waals surface area (Å²) in [6, 6.07) is 15.3. The summed E-state index contributed by atoms with van der Waals surface area (Å²) in [6.07, 6.45) is 0.696. The minimum atomic E-state index is -0.108. The van der Waals surface area contributed by atoms with Crippen molar-refractivity contribution in [3.05, 3.63) is 68.6 Å². The van der Waals surface area contributed by atoms with Crippen molar-refractivity contribution < 1.29 is 4.79 Å². The van der Waals surface area contributed by atoms with E-state index >= 15 is 0 Å². The number of carbonyl (C=O) groups is 1. The molecular formula is C16H16Br2N2O. The molecule has 0 aliphatic heterocycles. The number of hydrogen-bond donors (Lipinski definition) is 2. The Bertz CT molecular complexity index is 617. The molecule has 2 rings (SSSR count). The first-order valence-electron chi connectivity index (χ1n) is 6.61. The van der Waals surface area contributed by atoms with E-state index in [2.05, 4.69) is 37.2 Å². The maximum atomic E-state index is 12.1. The summed E-state index contributed by atoms with van der Waals surface area (Å²) in [5.41, 5.74) is 7.79. The summed E-state index contributed by atoms with van der Waals surface area (Å²) in [5.74, 6) is -0.108. The van der Waals surface area contributed by atoms with Crippen molar-refractivity contribution >= 4 is 37.8 Å². The average molecular weight is 412 g/mol. The van der Waals surface area contributed by atoms with Crippen molar-refractivity contribution in [2.45, 2.75) is 12.5 Å². The number of hydrogen-bond acceptors (Lipinski definition) is 2. The Hall–Kier alpha value is -1.17. The van der Waals surface area contributed by atoms with E-state index in [9.17, 15) is 4.79 Å². The zero-order valence-corrected chi connectivity index (χ0v) is 14.5. The summed E-state index contributed by atoms with van der Waals surface area (Å²) < 4.78 is 1.65. The molecule has 0 aromatic heterocycles. The SMILES string of the molecule is NC(CCNC(=O)c1cc(Br)ccc1Br)c1ccccc1. The third kappa shape index (κ3) is 4.66. The van der Waals surface area contributed by atoms with Gasteiger partial charge in [-0.1, -0.05) is 46.3 Å². The Morgan fingerprint density at radius 2 is 1.86 bits per heavy atom. The van der Waals surface area contributed by atoms with Crippen LogP contribution in [0.4, 0.5) is 0 Å². The van der Waals surface area contributed by atoms with Crippen LogP contribution in [0.2, 0.25) is 0 Å². The van der Waals surface area contributed by atoms with E-state index in [1.165, 1.54) is 0 Å². The molecule has 3 N–H and O–H groups in total. The van der Waals surface area contributed by atoms with Gasteiger partial charge in [-0.3, -0.25) is 4.79 Å². The molecule has 0 bridgehead atoms. The van der Waals surface area contributed by atoms with Crippen LogP contribution in [-0.2, 0) is 0 Å². The molecule has 2 aromatic carbocycles. The van der Waals surface area contributed by atoms with Crippen molar-refractivity contribution in [2.75, 3.05) is 6.54 Å². The summed E-state index contributed by atoms with van der Waals surface area (Å²) in [7, 11) is 0. The van der Waals surface area contributed by atoms with Crippen LogP contribution in [0.5, 0.6) is 0 Å². The Balaban J connectivity index is 1.88. The first-order valence-corrected chi connectivity index (χ1v) is 8.20. The maximum Gasteiger partial charge on any atom is 0.252 e. The molecule has 3 nitrogen and oxygen atoms in total. The van der Waals surface area contributed by atoms with Crippen molar-refractivity contribution in [1.29, 1.82) is 0 Å². The van der Waals surface area contributed by atoms with E-state index in [-0.39, 0.29) is 11.9 Å². The van der Waals surface area contributed by atoms with Gasteiger partial charge < -0.3 is 11.1 Å².